The highest BCUT2D eigenvalue weighted by molar-refractivity contribution is 7.91. The van der Waals surface area contributed by atoms with E-state index in [2.05, 4.69) is 4.90 Å². The van der Waals surface area contributed by atoms with Crippen molar-refractivity contribution in [3.63, 3.8) is 0 Å². The van der Waals surface area contributed by atoms with Gasteiger partial charge in [0, 0.05) is 13.1 Å². The standard InChI is InChI=1S/C4H9NO2S.C4H9NO/c1-5-2-3-8(6,7)4-5;1-5-2-3-6-4-5/h2-4H2,1H3;2-4H2,1H3. The Morgan fingerprint density at radius 2 is 1.86 bits per heavy atom. The zero-order chi connectivity index (χ0) is 10.6. The molecule has 0 aromatic heterocycles. The summed E-state index contributed by atoms with van der Waals surface area (Å²) in [6, 6.07) is 0. The van der Waals surface area contributed by atoms with Gasteiger partial charge in [-0.25, -0.2) is 8.42 Å². The summed E-state index contributed by atoms with van der Waals surface area (Å²) in [6.07, 6.45) is 0. The first-order valence-corrected chi connectivity index (χ1v) is 6.47. The van der Waals surface area contributed by atoms with Gasteiger partial charge in [-0.1, -0.05) is 0 Å². The van der Waals surface area contributed by atoms with E-state index in [1.807, 2.05) is 14.1 Å². The van der Waals surface area contributed by atoms with Crippen LogP contribution in [0.3, 0.4) is 0 Å². The first-order valence-electron chi connectivity index (χ1n) is 4.65. The van der Waals surface area contributed by atoms with Gasteiger partial charge in [0.05, 0.1) is 19.1 Å². The van der Waals surface area contributed by atoms with E-state index in [0.717, 1.165) is 19.9 Å². The van der Waals surface area contributed by atoms with E-state index in [9.17, 15) is 8.42 Å². The average Bonchev–Trinajstić information content (AvgIpc) is 2.62. The number of likely N-dealkylation sites (N-methyl/N-ethyl adjacent to an activating group) is 1. The van der Waals surface area contributed by atoms with E-state index in [1.165, 1.54) is 0 Å². The minimum Gasteiger partial charge on any atom is -0.365 e. The van der Waals surface area contributed by atoms with Gasteiger partial charge >= 0.3 is 0 Å². The lowest BCUT2D eigenvalue weighted by molar-refractivity contribution is 0.154. The molecule has 2 aliphatic rings. The summed E-state index contributed by atoms with van der Waals surface area (Å²) in [5.41, 5.74) is 0. The van der Waals surface area contributed by atoms with Crippen LogP contribution in [0.2, 0.25) is 0 Å². The Hall–Kier alpha value is -0.170. The molecule has 0 amide bonds. The lowest BCUT2D eigenvalue weighted by atomic mass is 10.7. The first kappa shape index (κ1) is 11.9. The Kier molecular flexibility index (Phi) is 4.31. The van der Waals surface area contributed by atoms with Gasteiger partial charge in [0.2, 0.25) is 0 Å². The normalized spacial score (nSPS) is 27.3. The Morgan fingerprint density at radius 3 is 2.00 bits per heavy atom. The van der Waals surface area contributed by atoms with E-state index < -0.39 is 9.84 Å². The maximum absolute atomic E-state index is 10.6. The molecular weight excluding hydrogens is 204 g/mol. The van der Waals surface area contributed by atoms with Gasteiger partial charge < -0.3 is 4.74 Å². The van der Waals surface area contributed by atoms with E-state index in [4.69, 9.17) is 4.74 Å². The molecule has 0 spiro atoms. The van der Waals surface area contributed by atoms with Crippen molar-refractivity contribution in [1.82, 2.24) is 9.80 Å². The second kappa shape index (κ2) is 5.06. The summed E-state index contributed by atoms with van der Waals surface area (Å²) in [5.74, 6) is 0.580. The number of rotatable bonds is 0. The number of nitrogens with zero attached hydrogens (tertiary/aromatic N) is 2. The molecule has 0 aromatic rings. The Morgan fingerprint density at radius 1 is 1.14 bits per heavy atom. The Bertz CT molecular complexity index is 260. The molecule has 2 aliphatic heterocycles. The van der Waals surface area contributed by atoms with Gasteiger partial charge in [-0.3, -0.25) is 9.80 Å². The van der Waals surface area contributed by atoms with Crippen molar-refractivity contribution in [3.8, 4) is 0 Å². The summed E-state index contributed by atoms with van der Waals surface area (Å²) in [6.45, 7) is 3.53. The fourth-order valence-corrected chi connectivity index (χ4v) is 2.78. The molecule has 2 saturated heterocycles. The van der Waals surface area contributed by atoms with Crippen molar-refractivity contribution < 1.29 is 13.2 Å². The first-order chi connectivity index (χ1) is 6.49. The third kappa shape index (κ3) is 4.36. The van der Waals surface area contributed by atoms with Crippen molar-refractivity contribution >= 4 is 9.84 Å². The Balaban J connectivity index is 0.000000146. The molecule has 0 aliphatic carbocycles. The molecule has 14 heavy (non-hydrogen) atoms. The van der Waals surface area contributed by atoms with Crippen LogP contribution in [0.5, 0.6) is 0 Å². The van der Waals surface area contributed by atoms with Gasteiger partial charge in [0.1, 0.15) is 5.88 Å². The summed E-state index contributed by atoms with van der Waals surface area (Å²) < 4.78 is 26.2. The maximum atomic E-state index is 10.6. The van der Waals surface area contributed by atoms with Crippen LogP contribution in [-0.4, -0.2) is 70.4 Å². The molecule has 0 saturated carbocycles. The average molecular weight is 222 g/mol. The third-order valence-electron chi connectivity index (χ3n) is 2.13. The van der Waals surface area contributed by atoms with Crippen LogP contribution in [-0.2, 0) is 14.6 Å². The van der Waals surface area contributed by atoms with Gasteiger partial charge in [-0.2, -0.15) is 0 Å². The quantitative estimate of drug-likeness (QED) is 0.537. The van der Waals surface area contributed by atoms with Crippen LogP contribution in [0.15, 0.2) is 0 Å². The molecule has 0 unspecified atom stereocenters. The summed E-state index contributed by atoms with van der Waals surface area (Å²) in [4.78, 5) is 3.94. The van der Waals surface area contributed by atoms with E-state index in [-0.39, 0.29) is 5.88 Å². The molecule has 6 heteroatoms. The summed E-state index contributed by atoms with van der Waals surface area (Å²) >= 11 is 0. The molecule has 0 N–H and O–H groups in total. The van der Waals surface area contributed by atoms with Crippen LogP contribution in [0.25, 0.3) is 0 Å². The minimum atomic E-state index is -2.67. The highest BCUT2D eigenvalue weighted by Gasteiger charge is 2.21. The van der Waals surface area contributed by atoms with Crippen molar-refractivity contribution in [1.29, 1.82) is 0 Å². The molecule has 84 valence electrons. The van der Waals surface area contributed by atoms with Crippen molar-refractivity contribution in [2.75, 3.05) is 52.2 Å². The number of ether oxygens (including phenoxy) is 1. The van der Waals surface area contributed by atoms with Crippen molar-refractivity contribution in [3.05, 3.63) is 0 Å². The zero-order valence-electron chi connectivity index (χ0n) is 8.77. The topological polar surface area (TPSA) is 49.9 Å². The molecule has 2 fully saturated rings. The van der Waals surface area contributed by atoms with Crippen LogP contribution in [0.4, 0.5) is 0 Å². The van der Waals surface area contributed by atoms with Gasteiger partial charge in [0.25, 0.3) is 0 Å². The second-order valence-electron chi connectivity index (χ2n) is 3.77. The van der Waals surface area contributed by atoms with Gasteiger partial charge in [0.15, 0.2) is 9.84 Å². The fraction of sp³-hybridized carbons (Fsp3) is 1.00. The van der Waals surface area contributed by atoms with Crippen molar-refractivity contribution in [2.45, 2.75) is 0 Å². The zero-order valence-corrected chi connectivity index (χ0v) is 9.59. The van der Waals surface area contributed by atoms with Gasteiger partial charge in [-0.05, 0) is 14.1 Å². The summed E-state index contributed by atoms with van der Waals surface area (Å²) in [5, 5.41) is 0. The second-order valence-corrected chi connectivity index (χ2v) is 5.93. The molecule has 0 aromatic carbocycles. The van der Waals surface area contributed by atoms with Crippen molar-refractivity contribution in [2.24, 2.45) is 0 Å². The Labute approximate surface area is 85.5 Å². The lowest BCUT2D eigenvalue weighted by Crippen LogP contribution is -2.13. The molecule has 0 bridgehead atoms. The monoisotopic (exact) mass is 222 g/mol. The smallest absolute Gasteiger partial charge is 0.164 e. The van der Waals surface area contributed by atoms with Crippen LogP contribution < -0.4 is 0 Å². The highest BCUT2D eigenvalue weighted by atomic mass is 32.2. The van der Waals surface area contributed by atoms with Crippen LogP contribution >= 0.6 is 0 Å². The fourth-order valence-electron chi connectivity index (χ4n) is 1.27. The molecule has 0 radical (unpaired) electrons. The minimum absolute atomic E-state index is 0.243. The maximum Gasteiger partial charge on any atom is 0.164 e. The highest BCUT2D eigenvalue weighted by Crippen LogP contribution is 2.02. The lowest BCUT2D eigenvalue weighted by Gasteiger charge is -1.99. The van der Waals surface area contributed by atoms with E-state index >= 15 is 0 Å². The van der Waals surface area contributed by atoms with E-state index in [0.29, 0.717) is 12.3 Å². The van der Waals surface area contributed by atoms with Gasteiger partial charge in [-0.15, -0.1) is 0 Å². The number of sulfone groups is 1. The number of hydrogen-bond acceptors (Lipinski definition) is 5. The predicted octanol–water partition coefficient (Wildman–Crippen LogP) is -0.790. The molecule has 2 rings (SSSR count). The summed E-state index contributed by atoms with van der Waals surface area (Å²) in [7, 11) is 1.19. The SMILES string of the molecule is CN1CCOC1.CN1CCS(=O)(=O)C1. The third-order valence-corrected chi connectivity index (χ3v) is 3.77. The van der Waals surface area contributed by atoms with Crippen LogP contribution in [0.1, 0.15) is 0 Å². The van der Waals surface area contributed by atoms with Crippen LogP contribution in [0, 0.1) is 0 Å². The predicted molar refractivity (Wildman–Crippen MR) is 54.7 cm³/mol. The molecule has 0 atom stereocenters. The number of hydrogen-bond donors (Lipinski definition) is 0. The van der Waals surface area contributed by atoms with E-state index in [1.54, 1.807) is 4.90 Å². The molecule has 2 heterocycles. The largest absolute Gasteiger partial charge is 0.365 e. The molecular formula is C8H18N2O3S. The molecule has 5 nitrogen and oxygen atoms in total.